The van der Waals surface area contributed by atoms with Crippen molar-refractivity contribution in [1.29, 1.82) is 0 Å². The van der Waals surface area contributed by atoms with E-state index in [0.717, 1.165) is 10.7 Å². The third kappa shape index (κ3) is 1.25. The molecule has 0 aliphatic heterocycles. The van der Waals surface area contributed by atoms with Crippen molar-refractivity contribution in [3.05, 3.63) is 0 Å². The summed E-state index contributed by atoms with van der Waals surface area (Å²) in [5.74, 6) is 0.981. The third-order valence-electron chi connectivity index (χ3n) is 2.09. The maximum Gasteiger partial charge on any atom is 0.0174 e. The summed E-state index contributed by atoms with van der Waals surface area (Å²) in [6.45, 7) is 2.28. The molecule has 0 amide bonds. The van der Waals surface area contributed by atoms with Crippen LogP contribution >= 0.6 is 15.9 Å². The molecule has 0 heterocycles. The van der Waals surface area contributed by atoms with Crippen LogP contribution in [0.2, 0.25) is 0 Å². The summed E-state index contributed by atoms with van der Waals surface area (Å²) >= 11 is 3.66. The number of halogens is 1. The Morgan fingerprint density at radius 1 is 1.50 bits per heavy atom. The molecule has 1 fully saturated rings. The topological polar surface area (TPSA) is 0 Å². The summed E-state index contributed by atoms with van der Waals surface area (Å²) in [6, 6.07) is 0. The molecule has 1 aliphatic rings. The molecule has 0 nitrogen and oxygen atoms in total. The summed E-state index contributed by atoms with van der Waals surface area (Å²) in [5, 5.41) is 0. The van der Waals surface area contributed by atoms with E-state index in [1.807, 2.05) is 0 Å². The molecule has 8 heavy (non-hydrogen) atoms. The summed E-state index contributed by atoms with van der Waals surface area (Å²) in [5.41, 5.74) is 0. The molecule has 1 rings (SSSR count). The van der Waals surface area contributed by atoms with Crippen LogP contribution in [-0.4, -0.2) is 4.83 Å². The van der Waals surface area contributed by atoms with E-state index in [2.05, 4.69) is 22.9 Å². The molecule has 1 heteroatoms. The average Bonchev–Trinajstić information content (AvgIpc) is 2.14. The van der Waals surface area contributed by atoms with Crippen molar-refractivity contribution in [1.82, 2.24) is 0 Å². The standard InChI is InChI=1S/C7H13Br/c1-2-6-4-3-5-7(6)8/h6-7H,2-5H2,1H3. The summed E-state index contributed by atoms with van der Waals surface area (Å²) < 4.78 is 0. The van der Waals surface area contributed by atoms with Gasteiger partial charge >= 0.3 is 0 Å². The fourth-order valence-corrected chi connectivity index (χ4v) is 2.41. The van der Waals surface area contributed by atoms with Gasteiger partial charge in [-0.25, -0.2) is 0 Å². The normalized spacial score (nSPS) is 38.2. The first-order chi connectivity index (χ1) is 3.84. The van der Waals surface area contributed by atoms with Crippen molar-refractivity contribution < 1.29 is 0 Å². The smallest absolute Gasteiger partial charge is 0.0174 e. The minimum Gasteiger partial charge on any atom is -0.0888 e. The van der Waals surface area contributed by atoms with E-state index < -0.39 is 0 Å². The van der Waals surface area contributed by atoms with Crippen LogP contribution in [0.3, 0.4) is 0 Å². The predicted octanol–water partition coefficient (Wildman–Crippen LogP) is 2.96. The molecule has 0 saturated heterocycles. The van der Waals surface area contributed by atoms with Gasteiger partial charge < -0.3 is 0 Å². The molecular weight excluding hydrogens is 164 g/mol. The van der Waals surface area contributed by atoms with Crippen LogP contribution in [0.5, 0.6) is 0 Å². The lowest BCUT2D eigenvalue weighted by molar-refractivity contribution is 0.546. The van der Waals surface area contributed by atoms with Crippen LogP contribution in [-0.2, 0) is 0 Å². The highest BCUT2D eigenvalue weighted by Crippen LogP contribution is 2.33. The van der Waals surface area contributed by atoms with Gasteiger partial charge in [0.05, 0.1) is 0 Å². The zero-order valence-electron chi connectivity index (χ0n) is 5.36. The second-order valence-corrected chi connectivity index (χ2v) is 3.79. The molecule has 0 aromatic rings. The molecule has 0 spiro atoms. The first-order valence-corrected chi connectivity index (χ1v) is 4.40. The summed E-state index contributed by atoms with van der Waals surface area (Å²) in [7, 11) is 0. The maximum absolute atomic E-state index is 3.66. The fourth-order valence-electron chi connectivity index (χ4n) is 1.45. The third-order valence-corrected chi connectivity index (χ3v) is 3.30. The summed E-state index contributed by atoms with van der Waals surface area (Å²) in [6.07, 6.45) is 5.65. The van der Waals surface area contributed by atoms with Gasteiger partial charge in [0, 0.05) is 4.83 Å². The van der Waals surface area contributed by atoms with Gasteiger partial charge in [-0.05, 0) is 18.8 Å². The van der Waals surface area contributed by atoms with Gasteiger partial charge in [-0.2, -0.15) is 0 Å². The highest BCUT2D eigenvalue weighted by Gasteiger charge is 2.22. The minimum absolute atomic E-state index is 0.840. The van der Waals surface area contributed by atoms with Crippen molar-refractivity contribution >= 4 is 15.9 Å². The van der Waals surface area contributed by atoms with Crippen molar-refractivity contribution in [2.45, 2.75) is 37.4 Å². The zero-order chi connectivity index (χ0) is 5.98. The molecule has 48 valence electrons. The van der Waals surface area contributed by atoms with Gasteiger partial charge in [0.25, 0.3) is 0 Å². The van der Waals surface area contributed by atoms with Crippen molar-refractivity contribution in [2.75, 3.05) is 0 Å². The lowest BCUT2D eigenvalue weighted by atomic mass is 10.1. The van der Waals surface area contributed by atoms with Crippen molar-refractivity contribution in [2.24, 2.45) is 5.92 Å². The Morgan fingerprint density at radius 2 is 2.25 bits per heavy atom. The molecule has 0 N–H and O–H groups in total. The van der Waals surface area contributed by atoms with Crippen molar-refractivity contribution in [3.8, 4) is 0 Å². The number of hydrogen-bond donors (Lipinski definition) is 0. The molecule has 0 aromatic carbocycles. The molecule has 1 saturated carbocycles. The zero-order valence-corrected chi connectivity index (χ0v) is 6.95. The van der Waals surface area contributed by atoms with Crippen LogP contribution in [0.25, 0.3) is 0 Å². The molecule has 0 aromatic heterocycles. The first kappa shape index (κ1) is 6.60. The van der Waals surface area contributed by atoms with Crippen LogP contribution in [0.4, 0.5) is 0 Å². The van der Waals surface area contributed by atoms with E-state index >= 15 is 0 Å². The average molecular weight is 177 g/mol. The summed E-state index contributed by atoms with van der Waals surface area (Å²) in [4.78, 5) is 0.840. The maximum atomic E-state index is 3.66. The van der Waals surface area contributed by atoms with Crippen LogP contribution in [0.15, 0.2) is 0 Å². The highest BCUT2D eigenvalue weighted by atomic mass is 79.9. The van der Waals surface area contributed by atoms with E-state index in [1.165, 1.54) is 25.7 Å². The van der Waals surface area contributed by atoms with E-state index in [4.69, 9.17) is 0 Å². The SMILES string of the molecule is CCC1CCCC1Br. The van der Waals surface area contributed by atoms with Gasteiger partial charge in [-0.1, -0.05) is 35.7 Å². The lowest BCUT2D eigenvalue weighted by Gasteiger charge is -2.08. The Balaban J connectivity index is 2.30. The lowest BCUT2D eigenvalue weighted by Crippen LogP contribution is -2.03. The Labute approximate surface area is 59.8 Å². The van der Waals surface area contributed by atoms with Gasteiger partial charge in [0.15, 0.2) is 0 Å². The van der Waals surface area contributed by atoms with E-state index in [1.54, 1.807) is 0 Å². The highest BCUT2D eigenvalue weighted by molar-refractivity contribution is 9.09. The van der Waals surface area contributed by atoms with Gasteiger partial charge in [0.1, 0.15) is 0 Å². The largest absolute Gasteiger partial charge is 0.0888 e. The Hall–Kier alpha value is 0.480. The molecule has 1 aliphatic carbocycles. The van der Waals surface area contributed by atoms with Gasteiger partial charge in [-0.3, -0.25) is 0 Å². The number of rotatable bonds is 1. The monoisotopic (exact) mass is 176 g/mol. The Morgan fingerprint density at radius 3 is 2.50 bits per heavy atom. The Bertz CT molecular complexity index is 70.8. The fraction of sp³-hybridized carbons (Fsp3) is 1.00. The first-order valence-electron chi connectivity index (χ1n) is 3.48. The number of hydrogen-bond acceptors (Lipinski definition) is 0. The van der Waals surface area contributed by atoms with E-state index in [-0.39, 0.29) is 0 Å². The number of alkyl halides is 1. The van der Waals surface area contributed by atoms with E-state index in [0.29, 0.717) is 0 Å². The molecule has 2 atom stereocenters. The van der Waals surface area contributed by atoms with Crippen LogP contribution in [0, 0.1) is 5.92 Å². The quantitative estimate of drug-likeness (QED) is 0.540. The minimum atomic E-state index is 0.840. The van der Waals surface area contributed by atoms with Gasteiger partial charge in [-0.15, -0.1) is 0 Å². The molecule has 2 unspecified atom stereocenters. The molecular formula is C7H13Br. The van der Waals surface area contributed by atoms with Crippen LogP contribution < -0.4 is 0 Å². The van der Waals surface area contributed by atoms with Crippen molar-refractivity contribution in [3.63, 3.8) is 0 Å². The second-order valence-electron chi connectivity index (χ2n) is 2.62. The predicted molar refractivity (Wildman–Crippen MR) is 40.3 cm³/mol. The van der Waals surface area contributed by atoms with E-state index in [9.17, 15) is 0 Å². The van der Waals surface area contributed by atoms with Gasteiger partial charge in [0.2, 0.25) is 0 Å². The second kappa shape index (κ2) is 2.86. The molecule has 0 radical (unpaired) electrons. The Kier molecular flexibility index (Phi) is 2.36. The molecule has 0 bridgehead atoms. The van der Waals surface area contributed by atoms with Crippen LogP contribution in [0.1, 0.15) is 32.6 Å².